The summed E-state index contributed by atoms with van der Waals surface area (Å²) in [5.74, 6) is -1.23. The van der Waals surface area contributed by atoms with Gasteiger partial charge < -0.3 is 10.1 Å². The molecule has 162 valence electrons. The highest BCUT2D eigenvalue weighted by Gasteiger charge is 2.54. The molecule has 2 aliphatic rings. The van der Waals surface area contributed by atoms with Gasteiger partial charge in [0.05, 0.1) is 5.92 Å². The lowest BCUT2D eigenvalue weighted by Crippen LogP contribution is -2.37. The molecule has 0 aromatic heterocycles. The summed E-state index contributed by atoms with van der Waals surface area (Å²) in [6.07, 6.45) is 2.79. The first-order valence-electron chi connectivity index (χ1n) is 10.7. The van der Waals surface area contributed by atoms with Crippen LogP contribution in [0.15, 0.2) is 46.9 Å². The van der Waals surface area contributed by atoms with Crippen LogP contribution in [0, 0.1) is 37.5 Å². The van der Waals surface area contributed by atoms with E-state index in [-0.39, 0.29) is 36.1 Å². The second kappa shape index (κ2) is 8.95. The number of ether oxygens (including phenoxy) is 1. The third-order valence-electron chi connectivity index (χ3n) is 6.67. The second-order valence-corrected chi connectivity index (χ2v) is 9.54. The van der Waals surface area contributed by atoms with Crippen LogP contribution in [0.25, 0.3) is 0 Å². The number of amides is 1. The number of nitrogens with one attached hydrogen (secondary N) is 1. The fourth-order valence-corrected chi connectivity index (χ4v) is 5.60. The summed E-state index contributed by atoms with van der Waals surface area (Å²) in [7, 11) is 0. The number of hydrogen-bond acceptors (Lipinski definition) is 4. The van der Waals surface area contributed by atoms with Gasteiger partial charge in [-0.1, -0.05) is 46.3 Å². The lowest BCUT2D eigenvalue weighted by molar-refractivity contribution is -0.154. The zero-order valence-corrected chi connectivity index (χ0v) is 19.3. The molecule has 0 heterocycles. The molecule has 0 aliphatic heterocycles. The fraction of sp³-hybridized carbons (Fsp3) is 0.400. The van der Waals surface area contributed by atoms with Crippen molar-refractivity contribution in [3.05, 3.63) is 63.6 Å². The summed E-state index contributed by atoms with van der Waals surface area (Å²) in [5.41, 5.74) is 3.25. The topological polar surface area (TPSA) is 72.5 Å². The molecule has 2 saturated carbocycles. The van der Waals surface area contributed by atoms with Gasteiger partial charge in [0, 0.05) is 21.6 Å². The Morgan fingerprint density at radius 3 is 2.39 bits per heavy atom. The average molecular weight is 484 g/mol. The van der Waals surface area contributed by atoms with E-state index in [1.165, 1.54) is 0 Å². The molecule has 0 unspecified atom stereocenters. The van der Waals surface area contributed by atoms with Gasteiger partial charge in [-0.3, -0.25) is 14.4 Å². The molecule has 2 aliphatic carbocycles. The van der Waals surface area contributed by atoms with Crippen molar-refractivity contribution in [3.63, 3.8) is 0 Å². The maximum atomic E-state index is 13.1. The number of anilines is 1. The highest BCUT2D eigenvalue weighted by Crippen LogP contribution is 2.53. The number of benzene rings is 2. The molecule has 2 fully saturated rings. The molecule has 4 atom stereocenters. The number of aryl methyl sites for hydroxylation is 2. The zero-order chi connectivity index (χ0) is 22.1. The van der Waals surface area contributed by atoms with Crippen LogP contribution >= 0.6 is 15.9 Å². The van der Waals surface area contributed by atoms with Gasteiger partial charge in [0.1, 0.15) is 0 Å². The van der Waals surface area contributed by atoms with Crippen LogP contribution in [0.3, 0.4) is 0 Å². The number of fused-ring (bicyclic) bond motifs is 2. The van der Waals surface area contributed by atoms with Crippen molar-refractivity contribution in [1.29, 1.82) is 0 Å². The highest BCUT2D eigenvalue weighted by atomic mass is 79.9. The van der Waals surface area contributed by atoms with Crippen molar-refractivity contribution in [2.24, 2.45) is 23.7 Å². The fourth-order valence-electron chi connectivity index (χ4n) is 5.14. The van der Waals surface area contributed by atoms with Gasteiger partial charge in [-0.15, -0.1) is 0 Å². The number of carbonyl (C=O) groups is 3. The van der Waals surface area contributed by atoms with Gasteiger partial charge in [0.15, 0.2) is 12.4 Å². The first-order chi connectivity index (χ1) is 14.8. The van der Waals surface area contributed by atoms with E-state index in [4.69, 9.17) is 4.74 Å². The Morgan fingerprint density at radius 1 is 1.00 bits per heavy atom. The predicted molar refractivity (Wildman–Crippen MR) is 122 cm³/mol. The van der Waals surface area contributed by atoms with Crippen molar-refractivity contribution in [2.45, 2.75) is 33.1 Å². The van der Waals surface area contributed by atoms with Crippen LogP contribution in [0.1, 0.15) is 40.7 Å². The average Bonchev–Trinajstić information content (AvgIpc) is 3.38. The van der Waals surface area contributed by atoms with Crippen molar-refractivity contribution >= 4 is 39.3 Å². The van der Waals surface area contributed by atoms with E-state index < -0.39 is 11.9 Å². The number of ketones is 1. The molecule has 2 aromatic rings. The molecular weight excluding hydrogens is 458 g/mol. The summed E-state index contributed by atoms with van der Waals surface area (Å²) < 4.78 is 6.38. The minimum Gasteiger partial charge on any atom is -0.455 e. The van der Waals surface area contributed by atoms with E-state index in [9.17, 15) is 14.4 Å². The quantitative estimate of drug-likeness (QED) is 0.458. The third-order valence-corrected chi connectivity index (χ3v) is 7.53. The second-order valence-electron chi connectivity index (χ2n) is 8.69. The lowest BCUT2D eigenvalue weighted by Gasteiger charge is -2.28. The molecule has 2 bridgehead atoms. The minimum absolute atomic E-state index is 0.0140. The Balaban J connectivity index is 1.41. The van der Waals surface area contributed by atoms with Crippen LogP contribution < -0.4 is 5.32 Å². The van der Waals surface area contributed by atoms with Crippen molar-refractivity contribution in [1.82, 2.24) is 0 Å². The van der Waals surface area contributed by atoms with E-state index in [2.05, 4.69) is 21.2 Å². The maximum Gasteiger partial charge on any atom is 0.310 e. The summed E-state index contributed by atoms with van der Waals surface area (Å²) >= 11 is 3.47. The van der Waals surface area contributed by atoms with Crippen LogP contribution in [-0.4, -0.2) is 24.3 Å². The van der Waals surface area contributed by atoms with E-state index in [1.54, 1.807) is 12.1 Å². The Morgan fingerprint density at radius 2 is 1.68 bits per heavy atom. The van der Waals surface area contributed by atoms with E-state index in [0.717, 1.165) is 34.9 Å². The number of rotatable bonds is 6. The molecule has 1 N–H and O–H groups in total. The van der Waals surface area contributed by atoms with Crippen LogP contribution in [0.5, 0.6) is 0 Å². The van der Waals surface area contributed by atoms with Gasteiger partial charge in [-0.05, 0) is 68.2 Å². The number of carbonyl (C=O) groups excluding carboxylic acids is 3. The smallest absolute Gasteiger partial charge is 0.310 e. The van der Waals surface area contributed by atoms with Crippen LogP contribution in [0.4, 0.5) is 5.69 Å². The van der Waals surface area contributed by atoms with E-state index in [0.29, 0.717) is 11.3 Å². The lowest BCUT2D eigenvalue weighted by atomic mass is 9.75. The molecule has 2 aromatic carbocycles. The number of halogens is 1. The molecule has 6 heteroatoms. The normalized spacial score (nSPS) is 24.1. The molecule has 0 saturated heterocycles. The summed E-state index contributed by atoms with van der Waals surface area (Å²) in [5, 5.41) is 2.81. The Labute approximate surface area is 190 Å². The first kappa shape index (κ1) is 21.8. The monoisotopic (exact) mass is 483 g/mol. The molecule has 31 heavy (non-hydrogen) atoms. The van der Waals surface area contributed by atoms with E-state index in [1.807, 2.05) is 44.2 Å². The molecular formula is C25H26BrNO4. The number of esters is 1. The number of Topliss-reactive ketones (excluding diaryl/α,β-unsaturated/α-hetero) is 1. The zero-order valence-electron chi connectivity index (χ0n) is 17.7. The molecule has 0 spiro atoms. The largest absolute Gasteiger partial charge is 0.455 e. The van der Waals surface area contributed by atoms with Gasteiger partial charge >= 0.3 is 5.97 Å². The third kappa shape index (κ3) is 4.45. The first-order valence-corrected chi connectivity index (χ1v) is 11.5. The van der Waals surface area contributed by atoms with Gasteiger partial charge in [0.2, 0.25) is 0 Å². The predicted octanol–water partition coefficient (Wildman–Crippen LogP) is 5.09. The van der Waals surface area contributed by atoms with Crippen LogP contribution in [-0.2, 0) is 14.3 Å². The minimum atomic E-state index is -0.462. The van der Waals surface area contributed by atoms with Crippen molar-refractivity contribution in [3.8, 4) is 0 Å². The SMILES string of the molecule is Cc1cc(NC(=O)COC(=O)[C@@H]2[C@H]3CC[C@@H](C3)[C@@H]2C(=O)c2ccccc2)c(C)cc1Br. The maximum absolute atomic E-state index is 13.1. The van der Waals surface area contributed by atoms with E-state index >= 15 is 0 Å². The van der Waals surface area contributed by atoms with Crippen molar-refractivity contribution in [2.75, 3.05) is 11.9 Å². The van der Waals surface area contributed by atoms with Gasteiger partial charge in [-0.25, -0.2) is 0 Å². The van der Waals surface area contributed by atoms with Gasteiger partial charge in [0.25, 0.3) is 5.91 Å². The standard InChI is InChI=1S/C25H26BrNO4/c1-14-11-20(15(2)10-19(14)26)27-21(28)13-31-25(30)23-18-9-8-17(12-18)22(23)24(29)16-6-4-3-5-7-16/h3-7,10-11,17-18,22-23H,8-9,12-13H2,1-2H3,(H,27,28)/t17-,18-,22-,23+/m0/s1. The Hall–Kier alpha value is -2.47. The van der Waals surface area contributed by atoms with Crippen molar-refractivity contribution < 1.29 is 19.1 Å². The highest BCUT2D eigenvalue weighted by molar-refractivity contribution is 9.10. The molecule has 4 rings (SSSR count). The summed E-state index contributed by atoms with van der Waals surface area (Å²) in [6.45, 7) is 3.49. The Kier molecular flexibility index (Phi) is 6.28. The van der Waals surface area contributed by atoms with Gasteiger partial charge in [-0.2, -0.15) is 0 Å². The Bertz CT molecular complexity index is 1020. The summed E-state index contributed by atoms with van der Waals surface area (Å²) in [6, 6.07) is 13.0. The molecule has 0 radical (unpaired) electrons. The summed E-state index contributed by atoms with van der Waals surface area (Å²) in [4.78, 5) is 38.5. The molecule has 1 amide bonds. The van der Waals surface area contributed by atoms with Crippen LogP contribution in [0.2, 0.25) is 0 Å². The molecule has 5 nitrogen and oxygen atoms in total. The number of hydrogen-bond donors (Lipinski definition) is 1.